The number of hydrogen-bond acceptors (Lipinski definition) is 19. The number of aromatic amines is 1. The number of nitrogens with one attached hydrogen (secondary N) is 5. The van der Waals surface area contributed by atoms with Crippen molar-refractivity contribution in [1.82, 2.24) is 39.0 Å². The number of aryl methyl sites for hydroxylation is 1. The van der Waals surface area contributed by atoms with Gasteiger partial charge in [0.05, 0.1) is 18.7 Å². The average Bonchev–Trinajstić information content (AvgIpc) is 3.88. The van der Waals surface area contributed by atoms with Crippen LogP contribution < -0.4 is 54.3 Å². The van der Waals surface area contributed by atoms with Gasteiger partial charge in [-0.15, -0.1) is 0 Å². The number of nitrogens with zero attached hydrogens (tertiary/aromatic N) is 7. The number of nitrogens with two attached hydrogens (primary N) is 1. The third-order valence-electron chi connectivity index (χ3n) is 9.63. The van der Waals surface area contributed by atoms with Gasteiger partial charge in [-0.2, -0.15) is 0 Å². The highest BCUT2D eigenvalue weighted by atomic mass is 16.5. The van der Waals surface area contributed by atoms with Crippen LogP contribution in [0.25, 0.3) is 22.3 Å². The van der Waals surface area contributed by atoms with Gasteiger partial charge in [0.25, 0.3) is 27.3 Å². The van der Waals surface area contributed by atoms with Crippen LogP contribution in [0.2, 0.25) is 0 Å². The molecule has 6 aromatic rings. The summed E-state index contributed by atoms with van der Waals surface area (Å²) in [5, 5.41) is 34.8. The highest BCUT2D eigenvalue weighted by Crippen LogP contribution is 2.37. The standard InChI is InChI=1S/C29H27N13O9/c1-7-37-26-17(27(49)38-7)36-6-42(26)28-15-18(43)9(51-28)3-32-11-13(21(46)19(11)44)39-10-8(2-31-12-14(40-15)22(47)20(12)45)50-29(23(10)48)41-5-35-16-24(30)33-4-34-25(16)41/h4-6,8-10,15,18,23,28-29,31-32,39-40,43,48H,2-3H2,1H3,(H2,30,33,34)(H,37,38,49)/t8-,9-,10+,15+,18?,23?,28-,29-/m1/s1. The Morgan fingerprint density at radius 1 is 0.725 bits per heavy atom. The van der Waals surface area contributed by atoms with E-state index < -0.39 is 76.2 Å². The molecule has 3 aliphatic heterocycles. The number of ether oxygens (including phenoxy) is 2. The van der Waals surface area contributed by atoms with E-state index in [-0.39, 0.29) is 69.8 Å². The van der Waals surface area contributed by atoms with E-state index in [2.05, 4.69) is 51.2 Å². The summed E-state index contributed by atoms with van der Waals surface area (Å²) in [6, 6.07) is -2.16. The van der Waals surface area contributed by atoms with E-state index in [1.807, 2.05) is 0 Å². The molecule has 2 saturated heterocycles. The van der Waals surface area contributed by atoms with Gasteiger partial charge in [0.1, 0.15) is 70.9 Å². The molecule has 9 N–H and O–H groups in total. The molecule has 0 saturated carbocycles. The van der Waals surface area contributed by atoms with Crippen LogP contribution in [0.4, 0.5) is 28.6 Å². The van der Waals surface area contributed by atoms with Crippen LogP contribution in [0, 0.1) is 6.92 Å². The number of rotatable bonds is 2. The molecule has 8 atom stereocenters. The number of anilines is 5. The van der Waals surface area contributed by atoms with Crippen molar-refractivity contribution in [2.45, 2.75) is 55.9 Å². The monoisotopic (exact) mass is 701 g/mol. The number of aliphatic hydroxyl groups excluding tert-OH is 2. The summed E-state index contributed by atoms with van der Waals surface area (Å²) in [4.78, 5) is 87.6. The lowest BCUT2D eigenvalue weighted by Crippen LogP contribution is -2.48. The van der Waals surface area contributed by atoms with Crippen molar-refractivity contribution in [3.8, 4) is 0 Å². The molecule has 0 amide bonds. The smallest absolute Gasteiger partial charge is 0.279 e. The van der Waals surface area contributed by atoms with Gasteiger partial charge in [0.2, 0.25) is 0 Å². The molecule has 51 heavy (non-hydrogen) atoms. The summed E-state index contributed by atoms with van der Waals surface area (Å²) in [7, 11) is 0. The Morgan fingerprint density at radius 3 is 2.02 bits per heavy atom. The van der Waals surface area contributed by atoms with Crippen molar-refractivity contribution in [1.29, 1.82) is 0 Å². The molecule has 2 aromatic carbocycles. The molecule has 22 heteroatoms. The minimum absolute atomic E-state index is 0.00305. The number of aromatic nitrogens is 8. The lowest BCUT2D eigenvalue weighted by molar-refractivity contribution is -0.0311. The van der Waals surface area contributed by atoms with Gasteiger partial charge in [-0.1, -0.05) is 0 Å². The molecule has 4 aromatic heterocycles. The maximum Gasteiger partial charge on any atom is 0.279 e. The molecule has 262 valence electrons. The summed E-state index contributed by atoms with van der Waals surface area (Å²) in [5.74, 6) is 0.393. The van der Waals surface area contributed by atoms with Crippen LogP contribution in [-0.2, 0) is 9.47 Å². The number of H-pyrrole nitrogens is 1. The molecule has 7 heterocycles. The summed E-state index contributed by atoms with van der Waals surface area (Å²) in [5.41, 5.74) is 2.19. The molecule has 0 spiro atoms. The third-order valence-corrected chi connectivity index (χ3v) is 9.63. The Hall–Kier alpha value is -6.10. The number of hydrogen-bond donors (Lipinski definition) is 8. The normalized spacial score (nSPS) is 27.9. The molecule has 9 rings (SSSR count). The number of fused-ring (bicyclic) bond motifs is 7. The fourth-order valence-electron chi connectivity index (χ4n) is 7.05. The summed E-state index contributed by atoms with van der Waals surface area (Å²) in [6.45, 7) is 1.19. The molecule has 0 aliphatic carbocycles. The SMILES string of the molecule is Cc1nc2c(ncn2[C@@H]2O[C@@H]3CNc4c(c(=O)c4=O)N[C@@H]4C(O)[C@H](n5cnc6c(N)ncnc65)O[C@@H]4CNc4c(c(=O)c4=O)N[C@H]2C3O)c(=O)[nH]1. The van der Waals surface area contributed by atoms with Crippen LogP contribution >= 0.6 is 0 Å². The fourth-order valence-corrected chi connectivity index (χ4v) is 7.05. The first-order valence-electron chi connectivity index (χ1n) is 15.7. The highest BCUT2D eigenvalue weighted by Gasteiger charge is 2.49. The van der Waals surface area contributed by atoms with Gasteiger partial charge in [-0.05, 0) is 6.92 Å². The number of nitrogen functional groups attached to an aromatic ring is 1. The lowest BCUT2D eigenvalue weighted by Gasteiger charge is -2.27. The zero-order valence-electron chi connectivity index (χ0n) is 26.2. The van der Waals surface area contributed by atoms with Crippen LogP contribution in [0.15, 0.2) is 43.0 Å². The topological polar surface area (TPSA) is 309 Å². The van der Waals surface area contributed by atoms with E-state index in [1.54, 1.807) is 6.92 Å². The van der Waals surface area contributed by atoms with Crippen molar-refractivity contribution in [3.63, 3.8) is 0 Å². The minimum atomic E-state index is -1.37. The van der Waals surface area contributed by atoms with Crippen LogP contribution in [0.1, 0.15) is 18.3 Å². The molecule has 2 bridgehead atoms. The predicted molar refractivity (Wildman–Crippen MR) is 177 cm³/mol. The largest absolute Gasteiger partial charge is 0.388 e. The quantitative estimate of drug-likeness (QED) is 0.0807. The molecule has 0 radical (unpaired) electrons. The average molecular weight is 702 g/mol. The fraction of sp³-hybridized carbons (Fsp3) is 0.379. The van der Waals surface area contributed by atoms with E-state index in [1.165, 1.54) is 28.1 Å². The van der Waals surface area contributed by atoms with Gasteiger partial charge in [0, 0.05) is 13.1 Å². The second-order valence-corrected chi connectivity index (χ2v) is 12.6. The Kier molecular flexibility index (Phi) is 6.64. The highest BCUT2D eigenvalue weighted by molar-refractivity contribution is 5.81. The first-order valence-corrected chi connectivity index (χ1v) is 15.7. The molecule has 22 nitrogen and oxygen atoms in total. The maximum absolute atomic E-state index is 13.0. The number of aliphatic hydroxyl groups is 2. The van der Waals surface area contributed by atoms with E-state index in [4.69, 9.17) is 15.2 Å². The molecule has 2 fully saturated rings. The number of imidazole rings is 2. The van der Waals surface area contributed by atoms with Crippen molar-refractivity contribution >= 4 is 50.9 Å². The summed E-state index contributed by atoms with van der Waals surface area (Å²) in [6.07, 6.45) is -3.17. The van der Waals surface area contributed by atoms with Gasteiger partial charge >= 0.3 is 0 Å². The van der Waals surface area contributed by atoms with E-state index >= 15 is 0 Å². The second-order valence-electron chi connectivity index (χ2n) is 12.6. The molecule has 3 aliphatic rings. The van der Waals surface area contributed by atoms with Gasteiger partial charge in [-0.25, -0.2) is 24.9 Å². The van der Waals surface area contributed by atoms with Crippen molar-refractivity contribution in [2.24, 2.45) is 0 Å². The third kappa shape index (κ3) is 4.43. The zero-order chi connectivity index (χ0) is 35.5. The van der Waals surface area contributed by atoms with E-state index in [0.717, 1.165) is 0 Å². The van der Waals surface area contributed by atoms with Crippen molar-refractivity contribution in [3.05, 3.63) is 76.1 Å². The van der Waals surface area contributed by atoms with Crippen LogP contribution in [0.5, 0.6) is 0 Å². The molecule has 2 unspecified atom stereocenters. The van der Waals surface area contributed by atoms with Gasteiger partial charge in [-0.3, -0.25) is 33.1 Å². The Morgan fingerprint density at radius 2 is 1.31 bits per heavy atom. The molecular formula is C29H27N13O9. The molecular weight excluding hydrogens is 674 g/mol. The summed E-state index contributed by atoms with van der Waals surface area (Å²) >= 11 is 0. The Balaban J connectivity index is 1.10. The van der Waals surface area contributed by atoms with Crippen molar-refractivity contribution < 1.29 is 19.7 Å². The first-order chi connectivity index (χ1) is 24.5. The predicted octanol–water partition coefficient (Wildman–Crippen LogP) is -3.64. The summed E-state index contributed by atoms with van der Waals surface area (Å²) < 4.78 is 15.3. The Bertz CT molecular complexity index is 2600. The maximum atomic E-state index is 13.0. The van der Waals surface area contributed by atoms with Crippen LogP contribution in [-0.4, -0.2) is 98.8 Å². The van der Waals surface area contributed by atoms with Gasteiger partial charge in [0.15, 0.2) is 35.1 Å². The van der Waals surface area contributed by atoms with Crippen LogP contribution in [0.3, 0.4) is 0 Å². The van der Waals surface area contributed by atoms with Crippen molar-refractivity contribution in [2.75, 3.05) is 40.1 Å². The Labute approximate surface area is 281 Å². The van der Waals surface area contributed by atoms with E-state index in [0.29, 0.717) is 0 Å². The second kappa shape index (κ2) is 10.9. The minimum Gasteiger partial charge on any atom is -0.388 e. The van der Waals surface area contributed by atoms with E-state index in [9.17, 15) is 34.2 Å². The lowest BCUT2D eigenvalue weighted by atomic mass is 10.0. The zero-order valence-corrected chi connectivity index (χ0v) is 26.2. The van der Waals surface area contributed by atoms with Gasteiger partial charge < -0.3 is 51.7 Å². The first kappa shape index (κ1) is 30.9.